The maximum atomic E-state index is 11.8. The first kappa shape index (κ1) is 36.6. The Kier molecular flexibility index (Phi) is 22.9. The highest BCUT2D eigenvalue weighted by Gasteiger charge is 2.23. The lowest BCUT2D eigenvalue weighted by Gasteiger charge is -2.29. The lowest BCUT2D eigenvalue weighted by Crippen LogP contribution is -2.36. The maximum Gasteiger partial charge on any atom is 0.407 e. The molecular weight excluding hydrogens is 492 g/mol. The van der Waals surface area contributed by atoms with Crippen molar-refractivity contribution < 1.29 is 38.1 Å². The van der Waals surface area contributed by atoms with E-state index < -0.39 is 24.1 Å². The first-order valence-electron chi connectivity index (χ1n) is 12.6. The van der Waals surface area contributed by atoms with Gasteiger partial charge in [-0.3, -0.25) is 0 Å². The molecule has 0 aromatic rings. The fourth-order valence-corrected chi connectivity index (χ4v) is 3.11. The lowest BCUT2D eigenvalue weighted by atomic mass is 9.81. The second kappa shape index (κ2) is 23.8. The van der Waals surface area contributed by atoms with Crippen LogP contribution in [-0.4, -0.2) is 63.6 Å². The van der Waals surface area contributed by atoms with E-state index in [2.05, 4.69) is 36.9 Å². The summed E-state index contributed by atoms with van der Waals surface area (Å²) in [5.74, 6) is -0.485. The summed E-state index contributed by atoms with van der Waals surface area (Å²) >= 11 is 0. The van der Waals surface area contributed by atoms with Crippen molar-refractivity contribution in [2.45, 2.75) is 53.4 Å². The zero-order valence-electron chi connectivity index (χ0n) is 23.5. The van der Waals surface area contributed by atoms with Crippen molar-refractivity contribution in [1.82, 2.24) is 10.6 Å². The van der Waals surface area contributed by atoms with Gasteiger partial charge in [0.15, 0.2) is 0 Å². The summed E-state index contributed by atoms with van der Waals surface area (Å²) in [6.45, 7) is 21.3. The zero-order chi connectivity index (χ0) is 29.3. The molecule has 0 aliphatic heterocycles. The highest BCUT2D eigenvalue weighted by molar-refractivity contribution is 5.87. The monoisotopic (exact) mass is 538 g/mol. The van der Waals surface area contributed by atoms with Gasteiger partial charge in [-0.05, 0) is 58.8 Å². The summed E-state index contributed by atoms with van der Waals surface area (Å²) in [4.78, 5) is 46.0. The third-order valence-corrected chi connectivity index (χ3v) is 4.76. The van der Waals surface area contributed by atoms with E-state index in [-0.39, 0.29) is 49.4 Å². The summed E-state index contributed by atoms with van der Waals surface area (Å²) in [5, 5.41) is 5.44. The van der Waals surface area contributed by atoms with E-state index >= 15 is 0 Å². The van der Waals surface area contributed by atoms with Crippen LogP contribution < -0.4 is 10.6 Å². The van der Waals surface area contributed by atoms with E-state index in [0.717, 1.165) is 25.7 Å². The van der Waals surface area contributed by atoms with E-state index in [1.165, 1.54) is 13.8 Å². The number of amides is 2. The van der Waals surface area contributed by atoms with Crippen LogP contribution in [0.15, 0.2) is 49.6 Å². The van der Waals surface area contributed by atoms with Gasteiger partial charge in [-0.15, -0.1) is 13.2 Å². The third kappa shape index (κ3) is 21.7. The first-order chi connectivity index (χ1) is 18.0. The Morgan fingerprint density at radius 2 is 1.03 bits per heavy atom. The van der Waals surface area contributed by atoms with Crippen molar-refractivity contribution in [2.24, 2.45) is 11.8 Å². The number of ether oxygens (including phenoxy) is 4. The SMILES string of the molecule is C=C(C)C(=O)OCCOC(=O)NCC1CCCC(CNC(=O)OCCOC(=O)C(=C)C)C1.C=CC.C=CC. The van der Waals surface area contributed by atoms with Crippen molar-refractivity contribution in [1.29, 1.82) is 0 Å². The Morgan fingerprint density at radius 1 is 0.711 bits per heavy atom. The summed E-state index contributed by atoms with van der Waals surface area (Å²) < 4.78 is 19.6. The van der Waals surface area contributed by atoms with Gasteiger partial charge in [-0.25, -0.2) is 19.2 Å². The van der Waals surface area contributed by atoms with Crippen molar-refractivity contribution >= 4 is 24.1 Å². The average Bonchev–Trinajstić information content (AvgIpc) is 2.87. The average molecular weight is 539 g/mol. The summed E-state index contributed by atoms with van der Waals surface area (Å²) in [7, 11) is 0. The van der Waals surface area contributed by atoms with Gasteiger partial charge in [-0.2, -0.15) is 0 Å². The number of carbonyl (C=O) groups is 4. The molecule has 0 spiro atoms. The molecule has 2 unspecified atom stereocenters. The smallest absolute Gasteiger partial charge is 0.407 e. The molecule has 0 bridgehead atoms. The molecule has 1 aliphatic carbocycles. The topological polar surface area (TPSA) is 129 Å². The maximum absolute atomic E-state index is 11.8. The molecule has 1 aliphatic rings. The van der Waals surface area contributed by atoms with Crippen LogP contribution in [0.2, 0.25) is 0 Å². The minimum atomic E-state index is -0.562. The molecule has 0 saturated heterocycles. The summed E-state index contributed by atoms with van der Waals surface area (Å²) in [6.07, 6.45) is 6.18. The molecule has 1 rings (SSSR count). The second-order valence-corrected chi connectivity index (χ2v) is 8.58. The molecule has 10 nitrogen and oxygen atoms in total. The number of alkyl carbamates (subject to hydrolysis) is 2. The molecular formula is C28H46N2O8. The highest BCUT2D eigenvalue weighted by atomic mass is 16.6. The van der Waals surface area contributed by atoms with Gasteiger partial charge in [0.1, 0.15) is 26.4 Å². The van der Waals surface area contributed by atoms with E-state index in [1.54, 1.807) is 12.2 Å². The first-order valence-corrected chi connectivity index (χ1v) is 12.6. The minimum Gasteiger partial charge on any atom is -0.459 e. The predicted octanol–water partition coefficient (Wildman–Crippen LogP) is 4.87. The molecule has 2 amide bonds. The number of rotatable bonds is 12. The quantitative estimate of drug-likeness (QED) is 0.118. The van der Waals surface area contributed by atoms with Crippen LogP contribution in [0.1, 0.15) is 53.4 Å². The van der Waals surface area contributed by atoms with Crippen molar-refractivity contribution in [3.05, 3.63) is 49.6 Å². The third-order valence-electron chi connectivity index (χ3n) is 4.76. The molecule has 1 fully saturated rings. The molecule has 0 radical (unpaired) electrons. The van der Waals surface area contributed by atoms with Crippen molar-refractivity contribution in [3.8, 4) is 0 Å². The van der Waals surface area contributed by atoms with E-state index in [9.17, 15) is 19.2 Å². The van der Waals surface area contributed by atoms with Crippen LogP contribution in [0.4, 0.5) is 9.59 Å². The van der Waals surface area contributed by atoms with Gasteiger partial charge in [-0.1, -0.05) is 31.7 Å². The molecule has 38 heavy (non-hydrogen) atoms. The Balaban J connectivity index is 0. The van der Waals surface area contributed by atoms with Crippen molar-refractivity contribution in [2.75, 3.05) is 39.5 Å². The molecule has 2 N–H and O–H groups in total. The molecule has 10 heteroatoms. The van der Waals surface area contributed by atoms with Gasteiger partial charge in [0.2, 0.25) is 0 Å². The fourth-order valence-electron chi connectivity index (χ4n) is 3.11. The van der Waals surface area contributed by atoms with E-state index in [0.29, 0.717) is 13.1 Å². The minimum absolute atomic E-state index is 0.0251. The Labute approximate surface area is 227 Å². The number of hydrogen-bond acceptors (Lipinski definition) is 8. The van der Waals surface area contributed by atoms with Crippen LogP contribution in [0.25, 0.3) is 0 Å². The van der Waals surface area contributed by atoms with Gasteiger partial charge < -0.3 is 29.6 Å². The van der Waals surface area contributed by atoms with E-state index in [4.69, 9.17) is 18.9 Å². The lowest BCUT2D eigenvalue weighted by molar-refractivity contribution is -0.140. The highest BCUT2D eigenvalue weighted by Crippen LogP contribution is 2.28. The Morgan fingerprint density at radius 3 is 1.34 bits per heavy atom. The number of carbonyl (C=O) groups excluding carboxylic acids is 4. The Bertz CT molecular complexity index is 717. The number of esters is 2. The van der Waals surface area contributed by atoms with Crippen LogP contribution in [0.3, 0.4) is 0 Å². The summed E-state index contributed by atoms with van der Waals surface area (Å²) in [6, 6.07) is 0. The largest absolute Gasteiger partial charge is 0.459 e. The zero-order valence-corrected chi connectivity index (χ0v) is 23.5. The molecule has 0 heterocycles. The van der Waals surface area contributed by atoms with Gasteiger partial charge in [0, 0.05) is 24.2 Å². The second-order valence-electron chi connectivity index (χ2n) is 8.58. The van der Waals surface area contributed by atoms with E-state index in [1.807, 2.05) is 13.8 Å². The Hall–Kier alpha value is -3.56. The standard InChI is InChI=1S/C22H34N2O8.2C3H6/c1-15(2)19(25)29-8-10-31-21(27)23-13-17-6-5-7-18(12-17)14-24-22(28)32-11-9-30-20(26)16(3)4;2*1-3-2/h17-18H,1,3,5-14H2,2,4H3,(H,23,27)(H,24,28);2*3H,1H2,2H3. The van der Waals surface area contributed by atoms with Crippen LogP contribution in [0.5, 0.6) is 0 Å². The van der Waals surface area contributed by atoms with Gasteiger partial charge in [0.25, 0.3) is 0 Å². The van der Waals surface area contributed by atoms with Crippen molar-refractivity contribution in [3.63, 3.8) is 0 Å². The molecule has 2 atom stereocenters. The molecule has 0 aromatic carbocycles. The number of nitrogens with one attached hydrogen (secondary N) is 2. The van der Waals surface area contributed by atoms with Crippen LogP contribution in [0, 0.1) is 11.8 Å². The number of allylic oxidation sites excluding steroid dienone is 2. The molecule has 1 saturated carbocycles. The fraction of sp³-hybridized carbons (Fsp3) is 0.571. The van der Waals surface area contributed by atoms with Gasteiger partial charge >= 0.3 is 24.1 Å². The molecule has 216 valence electrons. The summed E-state index contributed by atoms with van der Waals surface area (Å²) in [5.41, 5.74) is 0.571. The predicted molar refractivity (Wildman–Crippen MR) is 147 cm³/mol. The van der Waals surface area contributed by atoms with Gasteiger partial charge in [0.05, 0.1) is 0 Å². The molecule has 0 aromatic heterocycles. The normalized spacial score (nSPS) is 15.4. The van der Waals surface area contributed by atoms with Crippen LogP contribution in [-0.2, 0) is 28.5 Å². The van der Waals surface area contributed by atoms with Crippen LogP contribution >= 0.6 is 0 Å². The number of hydrogen-bond donors (Lipinski definition) is 2.